The Morgan fingerprint density at radius 1 is 1.14 bits per heavy atom. The average Bonchev–Trinajstić information content (AvgIpc) is 2.74. The van der Waals surface area contributed by atoms with Crippen molar-refractivity contribution in [2.75, 3.05) is 32.7 Å². The van der Waals surface area contributed by atoms with Crippen molar-refractivity contribution in [1.82, 2.24) is 14.1 Å². The molecule has 0 spiro atoms. The molecule has 1 amide bonds. The third-order valence-corrected chi connectivity index (χ3v) is 8.69. The van der Waals surface area contributed by atoms with Crippen LogP contribution >= 0.6 is 23.2 Å². The van der Waals surface area contributed by atoms with Crippen molar-refractivity contribution in [1.29, 1.82) is 0 Å². The largest absolute Gasteiger partial charge is 0.338 e. The Hall–Kier alpha value is -0.860. The predicted octanol–water partition coefficient (Wildman–Crippen LogP) is 3.48. The summed E-state index contributed by atoms with van der Waals surface area (Å²) in [6, 6.07) is 4.53. The normalized spacial score (nSPS) is 23.2. The quantitative estimate of drug-likeness (QED) is 0.673. The van der Waals surface area contributed by atoms with Crippen molar-refractivity contribution >= 4 is 39.1 Å². The van der Waals surface area contributed by atoms with Crippen molar-refractivity contribution in [3.8, 4) is 0 Å². The molecular formula is C20H29Cl2N3O3S. The van der Waals surface area contributed by atoms with Gasteiger partial charge in [0.15, 0.2) is 0 Å². The standard InChI is InChI=1S/C20H29Cl2N3O3S/c1-3-17-6-4-5-9-25(17)20(26)15(2)23-10-12-24(13-11-23)29(27,28)19-14-16(21)7-8-18(19)22/h7-8,14-15,17H,3-6,9-13H2,1-2H3. The minimum absolute atomic E-state index is 0.0309. The lowest BCUT2D eigenvalue weighted by molar-refractivity contribution is -0.140. The summed E-state index contributed by atoms with van der Waals surface area (Å²) in [6.07, 6.45) is 4.28. The molecule has 2 heterocycles. The first kappa shape index (κ1) is 22.8. The number of likely N-dealkylation sites (tertiary alicyclic amines) is 1. The SMILES string of the molecule is CCC1CCCCN1C(=O)C(C)N1CCN(S(=O)(=O)c2cc(Cl)ccc2Cl)CC1. The van der Waals surface area contributed by atoms with E-state index in [9.17, 15) is 13.2 Å². The van der Waals surface area contributed by atoms with Gasteiger partial charge >= 0.3 is 0 Å². The van der Waals surface area contributed by atoms with Crippen molar-refractivity contribution in [2.45, 2.75) is 56.5 Å². The van der Waals surface area contributed by atoms with E-state index in [1.165, 1.54) is 22.9 Å². The van der Waals surface area contributed by atoms with Crippen LogP contribution in [0.5, 0.6) is 0 Å². The highest BCUT2D eigenvalue weighted by Crippen LogP contribution is 2.29. The Balaban J connectivity index is 1.65. The lowest BCUT2D eigenvalue weighted by Crippen LogP contribution is -2.57. The van der Waals surface area contributed by atoms with Gasteiger partial charge in [0.05, 0.1) is 11.1 Å². The van der Waals surface area contributed by atoms with Gasteiger partial charge in [-0.3, -0.25) is 9.69 Å². The van der Waals surface area contributed by atoms with E-state index in [2.05, 4.69) is 11.8 Å². The average molecular weight is 462 g/mol. The van der Waals surface area contributed by atoms with Gasteiger partial charge in [0, 0.05) is 43.8 Å². The molecule has 6 nitrogen and oxygen atoms in total. The maximum Gasteiger partial charge on any atom is 0.244 e. The molecular weight excluding hydrogens is 433 g/mol. The van der Waals surface area contributed by atoms with Gasteiger partial charge in [-0.25, -0.2) is 8.42 Å². The molecule has 0 aromatic heterocycles. The zero-order valence-electron chi connectivity index (χ0n) is 17.0. The van der Waals surface area contributed by atoms with Crippen LogP contribution in [0.2, 0.25) is 10.0 Å². The van der Waals surface area contributed by atoms with Crippen LogP contribution < -0.4 is 0 Å². The van der Waals surface area contributed by atoms with E-state index >= 15 is 0 Å². The van der Waals surface area contributed by atoms with Crippen LogP contribution in [0.25, 0.3) is 0 Å². The van der Waals surface area contributed by atoms with Gasteiger partial charge in [0.1, 0.15) is 4.90 Å². The summed E-state index contributed by atoms with van der Waals surface area (Å²) in [6.45, 7) is 6.54. The third kappa shape index (κ3) is 4.90. The lowest BCUT2D eigenvalue weighted by atomic mass is 9.99. The molecule has 29 heavy (non-hydrogen) atoms. The molecule has 1 aromatic rings. The van der Waals surface area contributed by atoms with Crippen LogP contribution in [0.4, 0.5) is 0 Å². The monoisotopic (exact) mass is 461 g/mol. The molecule has 2 unspecified atom stereocenters. The van der Waals surface area contributed by atoms with E-state index in [0.29, 0.717) is 37.2 Å². The van der Waals surface area contributed by atoms with E-state index in [0.717, 1.165) is 25.8 Å². The lowest BCUT2D eigenvalue weighted by Gasteiger charge is -2.41. The van der Waals surface area contributed by atoms with Gasteiger partial charge in [-0.2, -0.15) is 4.31 Å². The second-order valence-corrected chi connectivity index (χ2v) is 10.5. The summed E-state index contributed by atoms with van der Waals surface area (Å²) in [4.78, 5) is 17.2. The number of nitrogens with zero attached hydrogens (tertiary/aromatic N) is 3. The van der Waals surface area contributed by atoms with Gasteiger partial charge in [-0.05, 0) is 50.8 Å². The number of carbonyl (C=O) groups excluding carboxylic acids is 1. The summed E-state index contributed by atoms with van der Waals surface area (Å²) in [5.74, 6) is 0.158. The van der Waals surface area contributed by atoms with E-state index in [4.69, 9.17) is 23.2 Å². The van der Waals surface area contributed by atoms with Crippen LogP contribution in [0.3, 0.4) is 0 Å². The molecule has 0 saturated carbocycles. The van der Waals surface area contributed by atoms with E-state index in [-0.39, 0.29) is 21.9 Å². The van der Waals surface area contributed by atoms with Gasteiger partial charge in [-0.1, -0.05) is 30.1 Å². The Morgan fingerprint density at radius 3 is 2.48 bits per heavy atom. The molecule has 2 fully saturated rings. The summed E-state index contributed by atoms with van der Waals surface area (Å²) in [7, 11) is -3.72. The highest BCUT2D eigenvalue weighted by atomic mass is 35.5. The number of halogens is 2. The fraction of sp³-hybridized carbons (Fsp3) is 0.650. The zero-order chi connectivity index (χ0) is 21.2. The molecule has 162 valence electrons. The molecule has 0 aliphatic carbocycles. The molecule has 2 atom stereocenters. The molecule has 3 rings (SSSR count). The zero-order valence-corrected chi connectivity index (χ0v) is 19.3. The van der Waals surface area contributed by atoms with Crippen LogP contribution in [0.1, 0.15) is 39.5 Å². The minimum Gasteiger partial charge on any atom is -0.338 e. The number of piperazine rings is 1. The van der Waals surface area contributed by atoms with E-state index in [1.54, 1.807) is 6.07 Å². The summed E-state index contributed by atoms with van der Waals surface area (Å²) in [5.41, 5.74) is 0. The van der Waals surface area contributed by atoms with Crippen molar-refractivity contribution in [3.63, 3.8) is 0 Å². The maximum atomic E-state index is 13.1. The highest BCUT2D eigenvalue weighted by molar-refractivity contribution is 7.89. The van der Waals surface area contributed by atoms with Crippen molar-refractivity contribution in [2.24, 2.45) is 0 Å². The minimum atomic E-state index is -3.72. The second-order valence-electron chi connectivity index (χ2n) is 7.78. The Morgan fingerprint density at radius 2 is 1.83 bits per heavy atom. The number of hydrogen-bond acceptors (Lipinski definition) is 4. The molecule has 0 N–H and O–H groups in total. The second kappa shape index (κ2) is 9.52. The van der Waals surface area contributed by atoms with Gasteiger partial charge < -0.3 is 4.90 Å². The number of benzene rings is 1. The van der Waals surface area contributed by atoms with Crippen LogP contribution in [-0.2, 0) is 14.8 Å². The number of rotatable bonds is 5. The number of piperidine rings is 1. The van der Waals surface area contributed by atoms with Crippen LogP contribution in [-0.4, -0.2) is 73.2 Å². The number of sulfonamides is 1. The molecule has 0 radical (unpaired) electrons. The molecule has 9 heteroatoms. The van der Waals surface area contributed by atoms with Gasteiger partial charge in [0.25, 0.3) is 0 Å². The Bertz CT molecular complexity index is 841. The summed E-state index contributed by atoms with van der Waals surface area (Å²) >= 11 is 12.1. The smallest absolute Gasteiger partial charge is 0.244 e. The third-order valence-electron chi connectivity index (χ3n) is 6.07. The molecule has 2 saturated heterocycles. The Kier molecular flexibility index (Phi) is 7.49. The molecule has 1 aromatic carbocycles. The van der Waals surface area contributed by atoms with E-state index in [1.807, 2.05) is 11.8 Å². The van der Waals surface area contributed by atoms with Gasteiger partial charge in [0.2, 0.25) is 15.9 Å². The molecule has 2 aliphatic rings. The first-order valence-electron chi connectivity index (χ1n) is 10.3. The summed E-state index contributed by atoms with van der Waals surface area (Å²) < 4.78 is 27.4. The van der Waals surface area contributed by atoms with Crippen molar-refractivity contribution < 1.29 is 13.2 Å². The fourth-order valence-corrected chi connectivity index (χ4v) is 6.42. The van der Waals surface area contributed by atoms with Crippen molar-refractivity contribution in [3.05, 3.63) is 28.2 Å². The van der Waals surface area contributed by atoms with E-state index < -0.39 is 10.0 Å². The Labute approximate surface area is 183 Å². The maximum absolute atomic E-state index is 13.1. The van der Waals surface area contributed by atoms with Gasteiger partial charge in [-0.15, -0.1) is 0 Å². The molecule has 2 aliphatic heterocycles. The fourth-order valence-electron chi connectivity index (χ4n) is 4.26. The molecule has 0 bridgehead atoms. The highest BCUT2D eigenvalue weighted by Gasteiger charge is 2.35. The number of hydrogen-bond donors (Lipinski definition) is 0. The summed E-state index contributed by atoms with van der Waals surface area (Å²) in [5, 5.41) is 0.494. The topological polar surface area (TPSA) is 60.9 Å². The predicted molar refractivity (Wildman–Crippen MR) is 116 cm³/mol. The number of amides is 1. The van der Waals surface area contributed by atoms with Crippen LogP contribution in [0, 0.1) is 0 Å². The first-order valence-corrected chi connectivity index (χ1v) is 12.4. The number of carbonyl (C=O) groups is 1. The first-order chi connectivity index (χ1) is 13.8. The van der Waals surface area contributed by atoms with Crippen LogP contribution in [0.15, 0.2) is 23.1 Å².